The van der Waals surface area contributed by atoms with Gasteiger partial charge < -0.3 is 13.6 Å². The smallest absolute Gasteiger partial charge is 0.408 e. The van der Waals surface area contributed by atoms with Crippen molar-refractivity contribution < 1.29 is 13.6 Å². The third kappa shape index (κ3) is 8.32. The first kappa shape index (κ1) is 36.4. The molecule has 0 fully saturated rings. The summed E-state index contributed by atoms with van der Waals surface area (Å²) in [7, 11) is -2.10. The molecule has 9 aromatic rings. The molecular weight excluding hydrogens is 728 g/mol. The van der Waals surface area contributed by atoms with Gasteiger partial charge in [0.15, 0.2) is 0 Å². The minimum absolute atomic E-state index is 0.654. The second kappa shape index (κ2) is 17.3. The predicted octanol–water partition coefficient (Wildman–Crippen LogP) is 15.5. The van der Waals surface area contributed by atoms with Gasteiger partial charge in [-0.3, -0.25) is 0 Å². The van der Waals surface area contributed by atoms with E-state index in [1.54, 1.807) is 0 Å². The first-order valence-corrected chi connectivity index (χ1v) is 20.4. The van der Waals surface area contributed by atoms with E-state index >= 15 is 0 Å². The van der Waals surface area contributed by atoms with Gasteiger partial charge in [0, 0.05) is 16.7 Å². The zero-order valence-electron chi connectivity index (χ0n) is 31.7. The van der Waals surface area contributed by atoms with Crippen LogP contribution in [0.2, 0.25) is 0 Å². The summed E-state index contributed by atoms with van der Waals surface area (Å²) in [5.41, 5.74) is 12.5. The van der Waals surface area contributed by atoms with Crippen molar-refractivity contribution in [3.63, 3.8) is 0 Å². The Morgan fingerprint density at radius 3 is 0.672 bits per heavy atom. The van der Waals surface area contributed by atoms with Crippen LogP contribution in [0.1, 0.15) is 0 Å². The van der Waals surface area contributed by atoms with E-state index < -0.39 is 8.60 Å². The molecule has 0 spiro atoms. The minimum atomic E-state index is -2.10. The van der Waals surface area contributed by atoms with Crippen molar-refractivity contribution in [2.24, 2.45) is 0 Å². The third-order valence-corrected chi connectivity index (χ3v) is 11.1. The summed E-state index contributed by atoms with van der Waals surface area (Å²) < 4.78 is 21.1. The maximum atomic E-state index is 7.03. The van der Waals surface area contributed by atoms with Gasteiger partial charge in [0.2, 0.25) is 0 Å². The summed E-state index contributed by atoms with van der Waals surface area (Å²) in [5, 5.41) is 0. The molecule has 4 heteroatoms. The molecule has 58 heavy (non-hydrogen) atoms. The van der Waals surface area contributed by atoms with Crippen molar-refractivity contribution in [1.29, 1.82) is 0 Å². The van der Waals surface area contributed by atoms with Gasteiger partial charge in [-0.25, -0.2) is 0 Å². The number of hydrogen-bond acceptors (Lipinski definition) is 3. The van der Waals surface area contributed by atoms with Crippen molar-refractivity contribution in [3.8, 4) is 84.0 Å². The van der Waals surface area contributed by atoms with Crippen LogP contribution in [0.4, 0.5) is 0 Å². The zero-order valence-corrected chi connectivity index (χ0v) is 32.6. The Labute approximate surface area is 341 Å². The Balaban J connectivity index is 1.18. The van der Waals surface area contributed by atoms with E-state index in [4.69, 9.17) is 13.6 Å². The summed E-state index contributed by atoms with van der Waals surface area (Å²) in [4.78, 5) is 0. The third-order valence-electron chi connectivity index (χ3n) is 10.0. The summed E-state index contributed by atoms with van der Waals surface area (Å²) >= 11 is 0. The highest BCUT2D eigenvalue weighted by atomic mass is 31.2. The van der Waals surface area contributed by atoms with E-state index in [-0.39, 0.29) is 0 Å². The molecule has 3 nitrogen and oxygen atoms in total. The van der Waals surface area contributed by atoms with E-state index in [1.165, 1.54) is 0 Å². The molecule has 0 heterocycles. The minimum Gasteiger partial charge on any atom is -0.408 e. The van der Waals surface area contributed by atoms with Crippen LogP contribution in [0.3, 0.4) is 0 Å². The van der Waals surface area contributed by atoms with E-state index in [0.717, 1.165) is 66.8 Å². The Bertz CT molecular complexity index is 2420. The highest BCUT2D eigenvalue weighted by Gasteiger charge is 2.26. The van der Waals surface area contributed by atoms with E-state index in [0.29, 0.717) is 17.2 Å². The van der Waals surface area contributed by atoms with Crippen LogP contribution in [0.5, 0.6) is 17.2 Å². The Kier molecular flexibility index (Phi) is 10.9. The van der Waals surface area contributed by atoms with Gasteiger partial charge in [-0.1, -0.05) is 200 Å². The lowest BCUT2D eigenvalue weighted by molar-refractivity contribution is 0.390. The molecule has 0 bridgehead atoms. The van der Waals surface area contributed by atoms with Crippen LogP contribution >= 0.6 is 8.60 Å². The molecule has 0 unspecified atom stereocenters. The Hall–Kier alpha value is -7.19. The van der Waals surface area contributed by atoms with Gasteiger partial charge >= 0.3 is 8.60 Å². The van der Waals surface area contributed by atoms with Crippen LogP contribution in [-0.2, 0) is 0 Å². The van der Waals surface area contributed by atoms with Crippen LogP contribution < -0.4 is 13.6 Å². The Morgan fingerprint density at radius 2 is 0.431 bits per heavy atom. The Morgan fingerprint density at radius 1 is 0.207 bits per heavy atom. The van der Waals surface area contributed by atoms with Crippen molar-refractivity contribution in [1.82, 2.24) is 0 Å². The fourth-order valence-corrected chi connectivity index (χ4v) is 8.16. The van der Waals surface area contributed by atoms with Gasteiger partial charge in [0.25, 0.3) is 0 Å². The van der Waals surface area contributed by atoms with Crippen molar-refractivity contribution in [3.05, 3.63) is 237 Å². The van der Waals surface area contributed by atoms with Crippen LogP contribution in [0.15, 0.2) is 237 Å². The first-order valence-electron chi connectivity index (χ1n) is 19.3. The molecule has 0 saturated heterocycles. The fourth-order valence-electron chi connectivity index (χ4n) is 7.09. The van der Waals surface area contributed by atoms with Gasteiger partial charge in [-0.05, 0) is 86.5 Å². The molecule has 0 aromatic heterocycles. The quantitative estimate of drug-likeness (QED) is 0.116. The second-order valence-electron chi connectivity index (χ2n) is 13.8. The normalized spacial score (nSPS) is 10.9. The number of rotatable bonds is 12. The highest BCUT2D eigenvalue weighted by molar-refractivity contribution is 7.43. The lowest BCUT2D eigenvalue weighted by Crippen LogP contribution is -2.05. The molecule has 278 valence electrons. The van der Waals surface area contributed by atoms with Gasteiger partial charge in [0.05, 0.1) is 0 Å². The lowest BCUT2D eigenvalue weighted by atomic mass is 9.98. The van der Waals surface area contributed by atoms with Gasteiger partial charge in [0.1, 0.15) is 17.2 Å². The maximum absolute atomic E-state index is 7.03. The molecule has 0 amide bonds. The van der Waals surface area contributed by atoms with E-state index in [9.17, 15) is 0 Å². The average Bonchev–Trinajstić information content (AvgIpc) is 3.31. The molecule has 0 saturated carbocycles. The number of benzene rings is 9. The largest absolute Gasteiger partial charge is 0.530 e. The first-order chi connectivity index (χ1) is 28.7. The van der Waals surface area contributed by atoms with Gasteiger partial charge in [-0.15, -0.1) is 0 Å². The van der Waals surface area contributed by atoms with Crippen molar-refractivity contribution >= 4 is 8.60 Å². The molecule has 9 rings (SSSR count). The molecule has 0 N–H and O–H groups in total. The van der Waals surface area contributed by atoms with Crippen LogP contribution in [-0.4, -0.2) is 0 Å². The highest BCUT2D eigenvalue weighted by Crippen LogP contribution is 2.50. The molecule has 0 aliphatic heterocycles. The lowest BCUT2D eigenvalue weighted by Gasteiger charge is -2.23. The standard InChI is InChI=1S/C54H39O3P/c1-7-19-40(20-8-1)46-31-34-52(49(37-46)43-25-13-4-14-26-43)55-58(56-53-35-32-47(41-21-9-2-10-22-41)38-50(53)44-27-15-5-16-28-44)57-54-36-33-48(42-23-11-3-12-24-42)39-51(54)45-29-17-6-18-30-45/h1-39H. The zero-order chi connectivity index (χ0) is 38.9. The van der Waals surface area contributed by atoms with Crippen LogP contribution in [0.25, 0.3) is 66.8 Å². The van der Waals surface area contributed by atoms with Crippen molar-refractivity contribution in [2.45, 2.75) is 0 Å². The fraction of sp³-hybridized carbons (Fsp3) is 0. The van der Waals surface area contributed by atoms with Crippen LogP contribution in [0, 0.1) is 0 Å². The molecule has 0 radical (unpaired) electrons. The molecule has 0 atom stereocenters. The number of hydrogen-bond donors (Lipinski definition) is 0. The van der Waals surface area contributed by atoms with Crippen molar-refractivity contribution in [2.75, 3.05) is 0 Å². The predicted molar refractivity (Wildman–Crippen MR) is 241 cm³/mol. The van der Waals surface area contributed by atoms with Gasteiger partial charge in [-0.2, -0.15) is 0 Å². The molecular formula is C54H39O3P. The summed E-state index contributed by atoms with van der Waals surface area (Å²) in [6, 6.07) is 81.1. The summed E-state index contributed by atoms with van der Waals surface area (Å²) in [6.45, 7) is 0. The molecule has 0 aliphatic carbocycles. The average molecular weight is 767 g/mol. The molecule has 9 aromatic carbocycles. The second-order valence-corrected chi connectivity index (χ2v) is 14.8. The SMILES string of the molecule is c1ccc(-c2ccc(OP(Oc3ccc(-c4ccccc4)cc3-c3ccccc3)Oc3ccc(-c4ccccc4)cc3-c3ccccc3)c(-c3ccccc3)c2)cc1. The molecule has 0 aliphatic rings. The topological polar surface area (TPSA) is 27.7 Å². The monoisotopic (exact) mass is 766 g/mol. The maximum Gasteiger partial charge on any atom is 0.530 e. The summed E-state index contributed by atoms with van der Waals surface area (Å²) in [5.74, 6) is 1.96. The van der Waals surface area contributed by atoms with E-state index in [1.807, 2.05) is 91.0 Å². The summed E-state index contributed by atoms with van der Waals surface area (Å²) in [6.07, 6.45) is 0. The van der Waals surface area contributed by atoms with E-state index in [2.05, 4.69) is 146 Å².